The quantitative estimate of drug-likeness (QED) is 0.409. The van der Waals surface area contributed by atoms with Crippen molar-refractivity contribution in [2.24, 2.45) is 0 Å². The van der Waals surface area contributed by atoms with Crippen LogP contribution in [0, 0.1) is 0 Å². The van der Waals surface area contributed by atoms with Gasteiger partial charge in [0.1, 0.15) is 18.3 Å². The van der Waals surface area contributed by atoms with Gasteiger partial charge in [-0.1, -0.05) is 0 Å². The number of rotatable bonds is 2. The summed E-state index contributed by atoms with van der Waals surface area (Å²) in [5.41, 5.74) is 6.00. The second-order valence-electron chi connectivity index (χ2n) is 4.46. The molecule has 0 amide bonds. The lowest BCUT2D eigenvalue weighted by Gasteiger charge is -2.16. The molecule has 2 aromatic heterocycles. The summed E-state index contributed by atoms with van der Waals surface area (Å²) in [6, 6.07) is -0.538. The van der Waals surface area contributed by atoms with Crippen LogP contribution in [-0.4, -0.2) is 64.9 Å². The van der Waals surface area contributed by atoms with Crippen molar-refractivity contribution in [1.82, 2.24) is 19.5 Å². The minimum atomic E-state index is -1.28. The number of aliphatic hydroxyl groups excluding tert-OH is 3. The fourth-order valence-electron chi connectivity index (χ4n) is 2.22. The zero-order valence-electron chi connectivity index (χ0n) is 10.2. The van der Waals surface area contributed by atoms with E-state index in [1.54, 1.807) is 0 Å². The molecule has 10 heteroatoms. The molecule has 1 fully saturated rings. The minimum Gasteiger partial charge on any atom is -0.479 e. The highest BCUT2D eigenvalue weighted by Crippen LogP contribution is 2.32. The van der Waals surface area contributed by atoms with Gasteiger partial charge < -0.3 is 30.9 Å². The first-order valence-corrected chi connectivity index (χ1v) is 5.84. The molecule has 0 bridgehead atoms. The van der Waals surface area contributed by atoms with Crippen molar-refractivity contribution in [3.63, 3.8) is 0 Å². The van der Waals surface area contributed by atoms with Crippen LogP contribution in [0.4, 0.5) is 5.82 Å². The number of aromatic nitrogens is 4. The fraction of sp³-hybridized carbons (Fsp3) is 0.500. The van der Waals surface area contributed by atoms with Gasteiger partial charge in [0.15, 0.2) is 23.2 Å². The third-order valence-electron chi connectivity index (χ3n) is 3.23. The molecular weight excluding hydrogens is 270 g/mol. The summed E-state index contributed by atoms with van der Waals surface area (Å²) in [7, 11) is 0. The van der Waals surface area contributed by atoms with Crippen LogP contribution in [0.3, 0.4) is 0 Å². The van der Waals surface area contributed by atoms with Crippen molar-refractivity contribution in [3.8, 4) is 6.01 Å². The molecule has 3 heterocycles. The monoisotopic (exact) mass is 283 g/mol. The number of fused-ring (bicyclic) bond motifs is 1. The topological polar surface area (TPSA) is 160 Å². The standard InChI is InChI=1S/C10H13N5O5/c11-7-4-8(14-10(19)13-7)15(2-12-4)9-6(18)5(17)3(1-16)20-9/h2-3,5-6,9,16-18H,1H2,(H3,11,13,14,19)/t3-,5?,6+,9-/m1/s1. The van der Waals surface area contributed by atoms with Gasteiger partial charge in [-0.2, -0.15) is 9.97 Å². The minimum absolute atomic E-state index is 0.0157. The highest BCUT2D eigenvalue weighted by molar-refractivity contribution is 5.81. The Balaban J connectivity index is 2.07. The highest BCUT2D eigenvalue weighted by Gasteiger charge is 2.44. The molecule has 6 N–H and O–H groups in total. The second kappa shape index (κ2) is 4.52. The molecule has 20 heavy (non-hydrogen) atoms. The van der Waals surface area contributed by atoms with Crippen LogP contribution < -0.4 is 5.73 Å². The van der Waals surface area contributed by atoms with Crippen LogP contribution in [0.15, 0.2) is 6.33 Å². The molecule has 0 aromatic carbocycles. The van der Waals surface area contributed by atoms with Crippen LogP contribution >= 0.6 is 0 Å². The normalized spacial score (nSPS) is 30.1. The van der Waals surface area contributed by atoms with E-state index in [1.165, 1.54) is 10.9 Å². The van der Waals surface area contributed by atoms with Crippen LogP contribution in [-0.2, 0) is 4.74 Å². The SMILES string of the molecule is Nc1nc(O)nc2c1ncn2[C@@H]1O[C@H](CO)C(O)[C@@H]1O. The summed E-state index contributed by atoms with van der Waals surface area (Å²) < 4.78 is 6.67. The van der Waals surface area contributed by atoms with Gasteiger partial charge in [0.2, 0.25) is 0 Å². The first-order chi connectivity index (χ1) is 9.52. The molecule has 108 valence electrons. The van der Waals surface area contributed by atoms with Crippen LogP contribution in [0.25, 0.3) is 11.2 Å². The number of anilines is 1. The van der Waals surface area contributed by atoms with Crippen molar-refractivity contribution >= 4 is 17.0 Å². The lowest BCUT2D eigenvalue weighted by Crippen LogP contribution is -2.33. The van der Waals surface area contributed by atoms with Crippen LogP contribution in [0.1, 0.15) is 6.23 Å². The number of hydrogen-bond acceptors (Lipinski definition) is 9. The summed E-state index contributed by atoms with van der Waals surface area (Å²) in [6.07, 6.45) is -3.13. The fourth-order valence-corrected chi connectivity index (χ4v) is 2.22. The molecule has 4 atom stereocenters. The molecule has 0 spiro atoms. The Labute approximate surface area is 112 Å². The predicted octanol–water partition coefficient (Wildman–Crippen LogP) is -2.27. The summed E-state index contributed by atoms with van der Waals surface area (Å²) >= 11 is 0. The van der Waals surface area contributed by atoms with E-state index in [-0.39, 0.29) is 17.0 Å². The van der Waals surface area contributed by atoms with Gasteiger partial charge in [-0.3, -0.25) is 4.57 Å². The Morgan fingerprint density at radius 3 is 2.70 bits per heavy atom. The van der Waals surface area contributed by atoms with Crippen molar-refractivity contribution in [2.75, 3.05) is 12.3 Å². The third kappa shape index (κ3) is 1.78. The van der Waals surface area contributed by atoms with E-state index in [0.29, 0.717) is 0 Å². The molecule has 0 saturated carbocycles. The molecule has 3 rings (SSSR count). The van der Waals surface area contributed by atoms with Gasteiger partial charge in [-0.25, -0.2) is 4.98 Å². The Morgan fingerprint density at radius 2 is 2.05 bits per heavy atom. The maximum absolute atomic E-state index is 9.96. The van der Waals surface area contributed by atoms with Crippen molar-refractivity contribution < 1.29 is 25.2 Å². The number of nitrogens with two attached hydrogens (primary N) is 1. The van der Waals surface area contributed by atoms with Gasteiger partial charge in [-0.15, -0.1) is 0 Å². The Morgan fingerprint density at radius 1 is 1.30 bits per heavy atom. The zero-order chi connectivity index (χ0) is 14.4. The van der Waals surface area contributed by atoms with E-state index in [9.17, 15) is 15.3 Å². The smallest absolute Gasteiger partial charge is 0.317 e. The molecule has 0 radical (unpaired) electrons. The first kappa shape index (κ1) is 13.0. The van der Waals surface area contributed by atoms with E-state index >= 15 is 0 Å². The largest absolute Gasteiger partial charge is 0.479 e. The predicted molar refractivity (Wildman–Crippen MR) is 64.4 cm³/mol. The molecule has 1 unspecified atom stereocenters. The molecule has 1 saturated heterocycles. The number of aromatic hydroxyl groups is 1. The van der Waals surface area contributed by atoms with E-state index in [0.717, 1.165) is 0 Å². The van der Waals surface area contributed by atoms with Crippen molar-refractivity contribution in [3.05, 3.63) is 6.33 Å². The molecule has 1 aliphatic rings. The average Bonchev–Trinajstić information content (AvgIpc) is 2.93. The van der Waals surface area contributed by atoms with Crippen molar-refractivity contribution in [2.45, 2.75) is 24.5 Å². The second-order valence-corrected chi connectivity index (χ2v) is 4.46. The number of hydrogen-bond donors (Lipinski definition) is 5. The van der Waals surface area contributed by atoms with E-state index in [2.05, 4.69) is 15.0 Å². The van der Waals surface area contributed by atoms with Gasteiger partial charge in [0.05, 0.1) is 12.9 Å². The number of imidazole rings is 1. The number of ether oxygens (including phenoxy) is 1. The van der Waals surface area contributed by atoms with Gasteiger partial charge in [0.25, 0.3) is 0 Å². The summed E-state index contributed by atoms with van der Waals surface area (Å²) in [5, 5.41) is 38.1. The molecule has 1 aliphatic heterocycles. The van der Waals surface area contributed by atoms with E-state index < -0.39 is 37.2 Å². The molecule has 10 nitrogen and oxygen atoms in total. The third-order valence-corrected chi connectivity index (χ3v) is 3.23. The number of aliphatic hydroxyl groups is 3. The van der Waals surface area contributed by atoms with Crippen molar-refractivity contribution in [1.29, 1.82) is 0 Å². The lowest BCUT2D eigenvalue weighted by atomic mass is 10.1. The lowest BCUT2D eigenvalue weighted by molar-refractivity contribution is -0.0511. The van der Waals surface area contributed by atoms with Gasteiger partial charge in [-0.05, 0) is 0 Å². The first-order valence-electron chi connectivity index (χ1n) is 5.84. The van der Waals surface area contributed by atoms with Gasteiger partial charge in [0, 0.05) is 0 Å². The van der Waals surface area contributed by atoms with E-state index in [4.69, 9.17) is 15.6 Å². The average molecular weight is 283 g/mol. The maximum atomic E-state index is 9.96. The highest BCUT2D eigenvalue weighted by atomic mass is 16.6. The van der Waals surface area contributed by atoms with Crippen LogP contribution in [0.2, 0.25) is 0 Å². The molecule has 0 aliphatic carbocycles. The Hall–Kier alpha value is -2.01. The van der Waals surface area contributed by atoms with Gasteiger partial charge >= 0.3 is 6.01 Å². The summed E-state index contributed by atoms with van der Waals surface area (Å²) in [5.74, 6) is -0.0157. The Kier molecular flexibility index (Phi) is 2.94. The zero-order valence-corrected chi connectivity index (χ0v) is 10.2. The van der Waals surface area contributed by atoms with E-state index in [1.807, 2.05) is 0 Å². The molecule has 2 aromatic rings. The summed E-state index contributed by atoms with van der Waals surface area (Å²) in [6.45, 7) is -0.441. The Bertz CT molecular complexity index is 646. The number of nitrogens with zero attached hydrogens (tertiary/aromatic N) is 4. The molecular formula is C10H13N5O5. The maximum Gasteiger partial charge on any atom is 0.317 e. The van der Waals surface area contributed by atoms with Crippen LogP contribution in [0.5, 0.6) is 6.01 Å². The summed E-state index contributed by atoms with van der Waals surface area (Å²) in [4.78, 5) is 11.3. The number of nitrogen functional groups attached to an aromatic ring is 1.